The van der Waals surface area contributed by atoms with Gasteiger partial charge in [0, 0.05) is 17.1 Å². The van der Waals surface area contributed by atoms with Crippen molar-refractivity contribution in [2.75, 3.05) is 24.2 Å². The number of anilines is 1. The van der Waals surface area contributed by atoms with Crippen molar-refractivity contribution in [3.05, 3.63) is 28.2 Å². The molecular weight excluding hydrogens is 338 g/mol. The summed E-state index contributed by atoms with van der Waals surface area (Å²) in [6.07, 6.45) is 0. The van der Waals surface area contributed by atoms with Crippen molar-refractivity contribution < 1.29 is 18.4 Å². The van der Waals surface area contributed by atoms with E-state index in [1.54, 1.807) is 6.07 Å². The Kier molecular flexibility index (Phi) is 5.58. The van der Waals surface area contributed by atoms with Crippen LogP contribution < -0.4 is 10.5 Å². The molecule has 0 aliphatic rings. The Morgan fingerprint density at radius 1 is 1.58 bits per heavy atom. The summed E-state index contributed by atoms with van der Waals surface area (Å²) in [7, 11) is -2.05. The Morgan fingerprint density at radius 2 is 2.26 bits per heavy atom. The van der Waals surface area contributed by atoms with E-state index in [9.17, 15) is 8.42 Å². The first-order valence-electron chi connectivity index (χ1n) is 5.16. The highest BCUT2D eigenvalue weighted by atomic mass is 79.9. The van der Waals surface area contributed by atoms with Gasteiger partial charge in [-0.1, -0.05) is 5.16 Å². The lowest BCUT2D eigenvalue weighted by atomic mass is 10.2. The number of nitrogens with two attached hydrogens (primary N) is 1. The second-order valence-corrected chi connectivity index (χ2v) is 6.29. The van der Waals surface area contributed by atoms with Gasteiger partial charge in [0.1, 0.15) is 0 Å². The van der Waals surface area contributed by atoms with E-state index in [1.807, 2.05) is 0 Å². The monoisotopic (exact) mass is 351 g/mol. The molecule has 0 aromatic heterocycles. The number of oxime groups is 1. The lowest BCUT2D eigenvalue weighted by molar-refractivity contribution is 0.217. The molecule has 1 aromatic rings. The number of hydrogen-bond acceptors (Lipinski definition) is 5. The van der Waals surface area contributed by atoms with Gasteiger partial charge < -0.3 is 15.7 Å². The number of benzene rings is 1. The summed E-state index contributed by atoms with van der Waals surface area (Å²) in [6, 6.07) is 4.60. The van der Waals surface area contributed by atoms with Crippen LogP contribution in [0.25, 0.3) is 0 Å². The predicted molar refractivity (Wildman–Crippen MR) is 75.9 cm³/mol. The lowest BCUT2D eigenvalue weighted by Gasteiger charge is -2.10. The van der Waals surface area contributed by atoms with Crippen molar-refractivity contribution in [1.29, 1.82) is 0 Å². The number of methoxy groups -OCH3 is 1. The first-order chi connectivity index (χ1) is 8.89. The molecule has 1 aromatic carbocycles. The van der Waals surface area contributed by atoms with Crippen LogP contribution in [0, 0.1) is 0 Å². The summed E-state index contributed by atoms with van der Waals surface area (Å²) in [5, 5.41) is 11.4. The van der Waals surface area contributed by atoms with Gasteiger partial charge in [0.05, 0.1) is 18.0 Å². The Bertz CT molecular complexity index is 574. The summed E-state index contributed by atoms with van der Waals surface area (Å²) in [5.74, 6) is -0.202. The molecule has 0 saturated carbocycles. The second kappa shape index (κ2) is 6.73. The number of nitrogens with zero attached hydrogens (tertiary/aromatic N) is 1. The van der Waals surface area contributed by atoms with Crippen LogP contribution in [0.4, 0.5) is 5.69 Å². The Hall–Kier alpha value is -1.32. The van der Waals surface area contributed by atoms with Crippen LogP contribution in [0.3, 0.4) is 0 Å². The molecule has 0 radical (unpaired) electrons. The van der Waals surface area contributed by atoms with Gasteiger partial charge in [-0.2, -0.15) is 0 Å². The molecule has 0 spiro atoms. The highest BCUT2D eigenvalue weighted by Crippen LogP contribution is 2.24. The van der Waals surface area contributed by atoms with Crippen molar-refractivity contribution in [2.24, 2.45) is 10.9 Å². The average Bonchev–Trinajstić information content (AvgIpc) is 2.37. The maximum Gasteiger partial charge on any atom is 0.235 e. The maximum absolute atomic E-state index is 11.7. The number of hydrogen-bond donors (Lipinski definition) is 3. The van der Waals surface area contributed by atoms with E-state index in [4.69, 9.17) is 15.7 Å². The fourth-order valence-electron chi connectivity index (χ4n) is 1.23. The average molecular weight is 352 g/mol. The Morgan fingerprint density at radius 3 is 2.79 bits per heavy atom. The number of ether oxygens (including phenoxy) is 1. The van der Waals surface area contributed by atoms with E-state index in [0.717, 1.165) is 0 Å². The van der Waals surface area contributed by atoms with E-state index in [1.165, 1.54) is 19.2 Å². The van der Waals surface area contributed by atoms with Crippen LogP contribution in [-0.2, 0) is 14.8 Å². The largest absolute Gasteiger partial charge is 0.409 e. The minimum Gasteiger partial charge on any atom is -0.409 e. The quantitative estimate of drug-likeness (QED) is 0.305. The minimum atomic E-state index is -3.47. The maximum atomic E-state index is 11.7. The molecular formula is C10H14BrN3O4S. The van der Waals surface area contributed by atoms with Crippen LogP contribution in [0.2, 0.25) is 0 Å². The number of rotatable bonds is 6. The van der Waals surface area contributed by atoms with E-state index in [-0.39, 0.29) is 18.2 Å². The first kappa shape index (κ1) is 15.7. The van der Waals surface area contributed by atoms with Crippen molar-refractivity contribution in [2.45, 2.75) is 0 Å². The number of halogens is 1. The molecule has 0 amide bonds. The molecule has 1 rings (SSSR count). The van der Waals surface area contributed by atoms with Crippen LogP contribution in [0.15, 0.2) is 27.8 Å². The van der Waals surface area contributed by atoms with Crippen molar-refractivity contribution in [3.63, 3.8) is 0 Å². The zero-order chi connectivity index (χ0) is 14.5. The van der Waals surface area contributed by atoms with E-state index < -0.39 is 10.0 Å². The molecule has 0 fully saturated rings. The van der Waals surface area contributed by atoms with Gasteiger partial charge in [-0.3, -0.25) is 4.72 Å². The molecule has 0 heterocycles. The molecule has 7 nitrogen and oxygen atoms in total. The standard InChI is InChI=1S/C10H14BrN3O4S/c1-18-4-5-19(16,17)14-9-3-2-7(6-8(9)11)10(12)13-15/h2-3,6,14-15H,4-5H2,1H3,(H2,12,13). The summed E-state index contributed by atoms with van der Waals surface area (Å²) in [6.45, 7) is 0.106. The van der Waals surface area contributed by atoms with Gasteiger partial charge in [-0.25, -0.2) is 8.42 Å². The highest BCUT2D eigenvalue weighted by Gasteiger charge is 2.13. The molecule has 106 valence electrons. The lowest BCUT2D eigenvalue weighted by Crippen LogP contribution is -2.20. The van der Waals surface area contributed by atoms with Gasteiger partial charge in [0.2, 0.25) is 10.0 Å². The predicted octanol–water partition coefficient (Wildman–Crippen LogP) is 0.932. The SMILES string of the molecule is COCCS(=O)(=O)Nc1ccc(/C(N)=N/O)cc1Br. The molecule has 19 heavy (non-hydrogen) atoms. The molecule has 4 N–H and O–H groups in total. The minimum absolute atomic E-state index is 0.0607. The molecule has 0 aliphatic heterocycles. The van der Waals surface area contributed by atoms with Gasteiger partial charge in [0.15, 0.2) is 5.84 Å². The van der Waals surface area contributed by atoms with Crippen molar-refractivity contribution in [1.82, 2.24) is 0 Å². The van der Waals surface area contributed by atoms with Gasteiger partial charge >= 0.3 is 0 Å². The third-order valence-electron chi connectivity index (χ3n) is 2.19. The van der Waals surface area contributed by atoms with E-state index >= 15 is 0 Å². The number of sulfonamides is 1. The zero-order valence-electron chi connectivity index (χ0n) is 10.1. The summed E-state index contributed by atoms with van der Waals surface area (Å²) in [5.41, 5.74) is 6.26. The summed E-state index contributed by atoms with van der Waals surface area (Å²) < 4.78 is 31.0. The van der Waals surface area contributed by atoms with Crippen molar-refractivity contribution in [3.8, 4) is 0 Å². The van der Waals surface area contributed by atoms with E-state index in [2.05, 4.69) is 25.8 Å². The number of amidine groups is 1. The molecule has 0 unspecified atom stereocenters. The highest BCUT2D eigenvalue weighted by molar-refractivity contribution is 9.10. The zero-order valence-corrected chi connectivity index (χ0v) is 12.5. The third-order valence-corrected chi connectivity index (χ3v) is 4.09. The fraction of sp³-hybridized carbons (Fsp3) is 0.300. The van der Waals surface area contributed by atoms with Crippen LogP contribution in [0.1, 0.15) is 5.56 Å². The number of nitrogens with one attached hydrogen (secondary N) is 1. The normalized spacial score (nSPS) is 12.4. The summed E-state index contributed by atoms with van der Waals surface area (Å²) >= 11 is 3.22. The molecule has 0 aliphatic carbocycles. The molecule has 0 atom stereocenters. The molecule has 9 heteroatoms. The Balaban J connectivity index is 2.92. The van der Waals surface area contributed by atoms with Crippen molar-refractivity contribution >= 4 is 37.5 Å². The fourth-order valence-corrected chi connectivity index (χ4v) is 2.84. The topological polar surface area (TPSA) is 114 Å². The van der Waals surface area contributed by atoms with Crippen LogP contribution in [-0.4, -0.2) is 38.9 Å². The van der Waals surface area contributed by atoms with Crippen LogP contribution >= 0.6 is 15.9 Å². The molecule has 0 bridgehead atoms. The third kappa shape index (κ3) is 4.69. The van der Waals surface area contributed by atoms with E-state index in [0.29, 0.717) is 15.7 Å². The van der Waals surface area contributed by atoms with Gasteiger partial charge in [0.25, 0.3) is 0 Å². The van der Waals surface area contributed by atoms with Gasteiger partial charge in [-0.05, 0) is 34.1 Å². The van der Waals surface area contributed by atoms with Gasteiger partial charge in [-0.15, -0.1) is 0 Å². The molecule has 0 saturated heterocycles. The Labute approximate surface area is 119 Å². The summed E-state index contributed by atoms with van der Waals surface area (Å²) in [4.78, 5) is 0. The van der Waals surface area contributed by atoms with Crippen LogP contribution in [0.5, 0.6) is 0 Å². The first-order valence-corrected chi connectivity index (χ1v) is 7.61. The second-order valence-electron chi connectivity index (χ2n) is 3.59. The smallest absolute Gasteiger partial charge is 0.235 e.